The van der Waals surface area contributed by atoms with Gasteiger partial charge in [0.2, 0.25) is 0 Å². The van der Waals surface area contributed by atoms with Gasteiger partial charge >= 0.3 is 0 Å². The Morgan fingerprint density at radius 1 is 1.39 bits per heavy atom. The number of rotatable bonds is 4. The minimum atomic E-state index is -0.529. The Kier molecular flexibility index (Phi) is 4.30. The Morgan fingerprint density at radius 2 is 2.22 bits per heavy atom. The highest BCUT2D eigenvalue weighted by molar-refractivity contribution is 5.20. The van der Waals surface area contributed by atoms with E-state index in [2.05, 4.69) is 5.32 Å². The summed E-state index contributed by atoms with van der Waals surface area (Å²) in [4.78, 5) is 0. The summed E-state index contributed by atoms with van der Waals surface area (Å²) in [6.07, 6.45) is 2.58. The van der Waals surface area contributed by atoms with E-state index in [1.807, 2.05) is 7.05 Å². The molecule has 1 fully saturated rings. The number of hydrogen-bond acceptors (Lipinski definition) is 2. The van der Waals surface area contributed by atoms with E-state index in [9.17, 15) is 8.78 Å². The van der Waals surface area contributed by atoms with Crippen LogP contribution in [0.3, 0.4) is 0 Å². The Balaban J connectivity index is 2.17. The molecule has 100 valence electrons. The van der Waals surface area contributed by atoms with E-state index in [-0.39, 0.29) is 5.41 Å². The van der Waals surface area contributed by atoms with E-state index < -0.39 is 11.6 Å². The lowest BCUT2D eigenvalue weighted by molar-refractivity contribution is -0.00663. The first-order valence-electron chi connectivity index (χ1n) is 6.31. The van der Waals surface area contributed by atoms with Crippen molar-refractivity contribution in [2.45, 2.75) is 19.3 Å². The summed E-state index contributed by atoms with van der Waals surface area (Å²) in [7, 11) is 1.89. The van der Waals surface area contributed by atoms with E-state index in [0.717, 1.165) is 32.1 Å². The van der Waals surface area contributed by atoms with Gasteiger partial charge in [0.1, 0.15) is 11.6 Å². The second-order valence-electron chi connectivity index (χ2n) is 5.10. The van der Waals surface area contributed by atoms with Crippen molar-refractivity contribution < 1.29 is 13.5 Å². The third-order valence-electron chi connectivity index (χ3n) is 3.54. The van der Waals surface area contributed by atoms with Crippen LogP contribution in [0.4, 0.5) is 8.78 Å². The highest BCUT2D eigenvalue weighted by Gasteiger charge is 2.33. The number of nitrogens with one attached hydrogen (secondary N) is 1. The van der Waals surface area contributed by atoms with Gasteiger partial charge in [-0.2, -0.15) is 0 Å². The van der Waals surface area contributed by atoms with Crippen molar-refractivity contribution in [3.63, 3.8) is 0 Å². The molecule has 0 saturated carbocycles. The fraction of sp³-hybridized carbons (Fsp3) is 0.571. The van der Waals surface area contributed by atoms with Crippen LogP contribution < -0.4 is 5.32 Å². The molecule has 0 bridgehead atoms. The summed E-state index contributed by atoms with van der Waals surface area (Å²) in [5.41, 5.74) is 0.489. The zero-order valence-electron chi connectivity index (χ0n) is 10.6. The van der Waals surface area contributed by atoms with Crippen molar-refractivity contribution in [1.29, 1.82) is 0 Å². The number of ether oxygens (including phenoxy) is 1. The summed E-state index contributed by atoms with van der Waals surface area (Å²) in [5.74, 6) is -0.991. The van der Waals surface area contributed by atoms with E-state index in [1.54, 1.807) is 0 Å². The van der Waals surface area contributed by atoms with Crippen molar-refractivity contribution in [1.82, 2.24) is 5.32 Å². The normalized spacial score (nSPS) is 24.2. The largest absolute Gasteiger partial charge is 0.381 e. The van der Waals surface area contributed by atoms with Crippen LogP contribution in [-0.2, 0) is 11.2 Å². The highest BCUT2D eigenvalue weighted by atomic mass is 19.1. The lowest BCUT2D eigenvalue weighted by Crippen LogP contribution is -2.41. The molecule has 0 radical (unpaired) electrons. The van der Waals surface area contributed by atoms with Crippen molar-refractivity contribution in [2.24, 2.45) is 5.41 Å². The summed E-state index contributed by atoms with van der Waals surface area (Å²) in [5, 5.41) is 3.15. The van der Waals surface area contributed by atoms with Gasteiger partial charge < -0.3 is 10.1 Å². The van der Waals surface area contributed by atoms with Gasteiger partial charge in [-0.3, -0.25) is 0 Å². The molecule has 4 heteroatoms. The second-order valence-corrected chi connectivity index (χ2v) is 5.10. The summed E-state index contributed by atoms with van der Waals surface area (Å²) in [6.45, 7) is 2.19. The molecule has 1 heterocycles. The Hall–Kier alpha value is -1.00. The van der Waals surface area contributed by atoms with Gasteiger partial charge in [-0.1, -0.05) is 6.07 Å². The van der Waals surface area contributed by atoms with Gasteiger partial charge in [-0.25, -0.2) is 8.78 Å². The van der Waals surface area contributed by atoms with Gasteiger partial charge in [0.15, 0.2) is 0 Å². The lowest BCUT2D eigenvalue weighted by Gasteiger charge is -2.37. The molecule has 1 aromatic carbocycles. The van der Waals surface area contributed by atoms with Crippen molar-refractivity contribution in [3.05, 3.63) is 35.4 Å². The fourth-order valence-corrected chi connectivity index (χ4v) is 2.70. The molecule has 0 aliphatic carbocycles. The van der Waals surface area contributed by atoms with E-state index >= 15 is 0 Å². The van der Waals surface area contributed by atoms with E-state index in [0.29, 0.717) is 18.6 Å². The molecule has 2 nitrogen and oxygen atoms in total. The third kappa shape index (κ3) is 3.06. The maximum absolute atomic E-state index is 13.7. The van der Waals surface area contributed by atoms with Gasteiger partial charge in [-0.15, -0.1) is 0 Å². The molecule has 1 aliphatic heterocycles. The molecular formula is C14H19F2NO. The lowest BCUT2D eigenvalue weighted by atomic mass is 9.77. The van der Waals surface area contributed by atoms with Crippen LogP contribution >= 0.6 is 0 Å². The highest BCUT2D eigenvalue weighted by Crippen LogP contribution is 2.32. The Morgan fingerprint density at radius 3 is 2.83 bits per heavy atom. The molecule has 18 heavy (non-hydrogen) atoms. The molecular weight excluding hydrogens is 236 g/mol. The van der Waals surface area contributed by atoms with Crippen LogP contribution in [0.15, 0.2) is 18.2 Å². The average molecular weight is 255 g/mol. The first kappa shape index (κ1) is 13.4. The van der Waals surface area contributed by atoms with Crippen LogP contribution in [0, 0.1) is 17.0 Å². The van der Waals surface area contributed by atoms with Crippen molar-refractivity contribution in [2.75, 3.05) is 26.8 Å². The fourth-order valence-electron chi connectivity index (χ4n) is 2.70. The first-order valence-corrected chi connectivity index (χ1v) is 6.31. The molecule has 1 aromatic rings. The Labute approximate surface area is 106 Å². The van der Waals surface area contributed by atoms with Crippen LogP contribution in [-0.4, -0.2) is 26.8 Å². The molecule has 0 spiro atoms. The molecule has 1 saturated heterocycles. The quantitative estimate of drug-likeness (QED) is 0.892. The average Bonchev–Trinajstić information content (AvgIpc) is 2.34. The van der Waals surface area contributed by atoms with Gasteiger partial charge in [0.25, 0.3) is 0 Å². The minimum absolute atomic E-state index is 0.0777. The van der Waals surface area contributed by atoms with Crippen LogP contribution in [0.2, 0.25) is 0 Å². The van der Waals surface area contributed by atoms with Crippen molar-refractivity contribution in [3.8, 4) is 0 Å². The number of halogens is 2. The van der Waals surface area contributed by atoms with E-state index in [1.165, 1.54) is 12.1 Å². The monoisotopic (exact) mass is 255 g/mol. The maximum atomic E-state index is 13.7. The molecule has 0 aromatic heterocycles. The molecule has 1 unspecified atom stereocenters. The predicted octanol–water partition coefficient (Wildman–Crippen LogP) is 2.52. The molecule has 1 aliphatic rings. The molecule has 0 amide bonds. The minimum Gasteiger partial charge on any atom is -0.381 e. The topological polar surface area (TPSA) is 21.3 Å². The zero-order valence-corrected chi connectivity index (χ0v) is 10.6. The maximum Gasteiger partial charge on any atom is 0.129 e. The number of hydrogen-bond donors (Lipinski definition) is 1. The summed E-state index contributed by atoms with van der Waals surface area (Å²) in [6, 6.07) is 3.80. The third-order valence-corrected chi connectivity index (χ3v) is 3.54. The standard InChI is InChI=1S/C14H19F2NO/c1-17-9-14(5-2-6-18-10-14)8-11-3-4-12(15)7-13(11)16/h3-4,7,17H,2,5-6,8-10H2,1H3. The predicted molar refractivity (Wildman–Crippen MR) is 66.5 cm³/mol. The number of benzene rings is 1. The molecule has 1 N–H and O–H groups in total. The smallest absolute Gasteiger partial charge is 0.129 e. The van der Waals surface area contributed by atoms with Crippen LogP contribution in [0.5, 0.6) is 0 Å². The Bertz CT molecular complexity index is 397. The summed E-state index contributed by atoms with van der Waals surface area (Å²) >= 11 is 0. The molecule has 2 rings (SSSR count). The zero-order chi connectivity index (χ0) is 13.0. The summed E-state index contributed by atoms with van der Waals surface area (Å²) < 4.78 is 32.1. The SMILES string of the molecule is CNCC1(Cc2ccc(F)cc2F)CCCOC1. The van der Waals surface area contributed by atoms with Gasteiger partial charge in [-0.05, 0) is 37.9 Å². The second kappa shape index (κ2) is 5.76. The van der Waals surface area contributed by atoms with Crippen LogP contribution in [0.25, 0.3) is 0 Å². The van der Waals surface area contributed by atoms with Gasteiger partial charge in [0, 0.05) is 24.6 Å². The van der Waals surface area contributed by atoms with Gasteiger partial charge in [0.05, 0.1) is 6.61 Å². The van der Waals surface area contributed by atoms with Crippen molar-refractivity contribution >= 4 is 0 Å². The first-order chi connectivity index (χ1) is 8.65. The van der Waals surface area contributed by atoms with E-state index in [4.69, 9.17) is 4.74 Å². The molecule has 1 atom stereocenters. The van der Waals surface area contributed by atoms with Crippen LogP contribution in [0.1, 0.15) is 18.4 Å².